The average molecular weight is 235 g/mol. The number of carbonyl (C=O) groups is 1. The van der Waals surface area contributed by atoms with Crippen LogP contribution in [0.1, 0.15) is 26.7 Å². The van der Waals surface area contributed by atoms with Gasteiger partial charge in [0.2, 0.25) is 0 Å². The Morgan fingerprint density at radius 3 is 2.47 bits per heavy atom. The molecule has 1 rings (SSSR count). The highest BCUT2D eigenvalue weighted by atomic mass is 16.5. The van der Waals surface area contributed by atoms with Crippen molar-refractivity contribution in [2.75, 3.05) is 18.5 Å². The zero-order chi connectivity index (χ0) is 12.5. The van der Waals surface area contributed by atoms with Crippen LogP contribution < -0.4 is 5.32 Å². The molecule has 0 radical (unpaired) electrons. The van der Waals surface area contributed by atoms with Crippen molar-refractivity contribution in [3.05, 3.63) is 30.3 Å². The van der Waals surface area contributed by atoms with Gasteiger partial charge in [0, 0.05) is 5.69 Å². The Bertz CT molecular complexity index is 320. The molecule has 1 aromatic rings. The topological polar surface area (TPSA) is 38.3 Å². The van der Waals surface area contributed by atoms with E-state index in [-0.39, 0.29) is 12.5 Å². The number of para-hydroxylation sites is 1. The van der Waals surface area contributed by atoms with Crippen molar-refractivity contribution in [3.63, 3.8) is 0 Å². The molecule has 1 N–H and O–H groups in total. The Kier molecular flexibility index (Phi) is 6.15. The molecule has 0 heterocycles. The zero-order valence-corrected chi connectivity index (χ0v) is 10.6. The molecule has 0 aliphatic heterocycles. The van der Waals surface area contributed by atoms with Crippen molar-refractivity contribution in [2.24, 2.45) is 5.92 Å². The molecule has 0 aliphatic carbocycles. The van der Waals surface area contributed by atoms with Crippen LogP contribution in [0, 0.1) is 5.92 Å². The molecule has 0 saturated carbocycles. The maximum atomic E-state index is 11.5. The number of anilines is 1. The monoisotopic (exact) mass is 235 g/mol. The van der Waals surface area contributed by atoms with E-state index in [4.69, 9.17) is 4.74 Å². The summed E-state index contributed by atoms with van der Waals surface area (Å²) >= 11 is 0. The van der Waals surface area contributed by atoms with Crippen LogP contribution in [-0.4, -0.2) is 19.1 Å². The fourth-order valence-corrected chi connectivity index (χ4v) is 1.52. The molecule has 94 valence electrons. The summed E-state index contributed by atoms with van der Waals surface area (Å²) in [5.41, 5.74) is 0.937. The number of carbonyl (C=O) groups excluding carboxylic acids is 1. The number of nitrogens with one attached hydrogen (secondary N) is 1. The lowest BCUT2D eigenvalue weighted by atomic mass is 10.1. The summed E-state index contributed by atoms with van der Waals surface area (Å²) in [6, 6.07) is 9.65. The van der Waals surface area contributed by atoms with Gasteiger partial charge in [0.05, 0.1) is 6.61 Å². The number of esters is 1. The van der Waals surface area contributed by atoms with E-state index < -0.39 is 0 Å². The number of hydrogen-bond acceptors (Lipinski definition) is 3. The fourth-order valence-electron chi connectivity index (χ4n) is 1.52. The first-order chi connectivity index (χ1) is 8.26. The summed E-state index contributed by atoms with van der Waals surface area (Å²) in [5, 5.41) is 3.03. The molecular formula is C14H21NO2. The summed E-state index contributed by atoms with van der Waals surface area (Å²) in [6.07, 6.45) is 2.10. The van der Waals surface area contributed by atoms with E-state index in [1.165, 1.54) is 0 Å². The van der Waals surface area contributed by atoms with Gasteiger partial charge in [0.15, 0.2) is 0 Å². The van der Waals surface area contributed by atoms with E-state index in [0.29, 0.717) is 12.5 Å². The van der Waals surface area contributed by atoms with Crippen molar-refractivity contribution >= 4 is 11.7 Å². The first kappa shape index (κ1) is 13.6. The average Bonchev–Trinajstić information content (AvgIpc) is 2.39. The molecule has 1 aromatic carbocycles. The van der Waals surface area contributed by atoms with E-state index in [9.17, 15) is 4.79 Å². The minimum Gasteiger partial charge on any atom is -0.464 e. The van der Waals surface area contributed by atoms with Gasteiger partial charge in [-0.25, -0.2) is 0 Å². The zero-order valence-electron chi connectivity index (χ0n) is 10.6. The van der Waals surface area contributed by atoms with Crippen molar-refractivity contribution in [2.45, 2.75) is 26.7 Å². The maximum Gasteiger partial charge on any atom is 0.325 e. The normalized spacial score (nSPS) is 10.3. The summed E-state index contributed by atoms with van der Waals surface area (Å²) in [4.78, 5) is 11.5. The summed E-state index contributed by atoms with van der Waals surface area (Å²) in [6.45, 7) is 4.99. The second-order valence-electron chi connectivity index (χ2n) is 4.09. The molecule has 17 heavy (non-hydrogen) atoms. The van der Waals surface area contributed by atoms with E-state index >= 15 is 0 Å². The van der Waals surface area contributed by atoms with Crippen LogP contribution in [0.25, 0.3) is 0 Å². The van der Waals surface area contributed by atoms with E-state index in [1.54, 1.807) is 0 Å². The van der Waals surface area contributed by atoms with Crippen molar-refractivity contribution in [3.8, 4) is 0 Å². The number of rotatable bonds is 7. The van der Waals surface area contributed by atoms with Crippen LogP contribution in [-0.2, 0) is 9.53 Å². The molecule has 0 unspecified atom stereocenters. The Balaban J connectivity index is 2.22. The standard InChI is InChI=1S/C14H21NO2/c1-3-12(4-2)11-17-14(16)10-15-13-8-6-5-7-9-13/h5-9,12,15H,3-4,10-11H2,1-2H3. The Labute approximate surface area is 103 Å². The lowest BCUT2D eigenvalue weighted by molar-refractivity contribution is -0.142. The third kappa shape index (κ3) is 5.38. The molecule has 3 heteroatoms. The van der Waals surface area contributed by atoms with Gasteiger partial charge in [-0.3, -0.25) is 4.79 Å². The molecule has 0 bridgehead atoms. The van der Waals surface area contributed by atoms with Crippen molar-refractivity contribution < 1.29 is 9.53 Å². The van der Waals surface area contributed by atoms with Gasteiger partial charge in [-0.15, -0.1) is 0 Å². The number of hydrogen-bond donors (Lipinski definition) is 1. The molecule has 0 aromatic heterocycles. The molecule has 0 atom stereocenters. The highest BCUT2D eigenvalue weighted by Crippen LogP contribution is 2.08. The van der Waals surface area contributed by atoms with Crippen LogP contribution in [0.4, 0.5) is 5.69 Å². The van der Waals surface area contributed by atoms with Gasteiger partial charge in [-0.1, -0.05) is 44.9 Å². The molecule has 3 nitrogen and oxygen atoms in total. The van der Waals surface area contributed by atoms with Gasteiger partial charge < -0.3 is 10.1 Å². The molecule has 0 spiro atoms. The van der Waals surface area contributed by atoms with Gasteiger partial charge in [0.25, 0.3) is 0 Å². The minimum atomic E-state index is -0.194. The third-order valence-corrected chi connectivity index (χ3v) is 2.85. The molecule has 0 fully saturated rings. The quantitative estimate of drug-likeness (QED) is 0.738. The van der Waals surface area contributed by atoms with Gasteiger partial charge in [-0.05, 0) is 18.1 Å². The Hall–Kier alpha value is -1.51. The third-order valence-electron chi connectivity index (χ3n) is 2.85. The van der Waals surface area contributed by atoms with Gasteiger partial charge in [0.1, 0.15) is 6.54 Å². The summed E-state index contributed by atoms with van der Waals surface area (Å²) in [5.74, 6) is 0.288. The smallest absolute Gasteiger partial charge is 0.325 e. The number of benzene rings is 1. The van der Waals surface area contributed by atoms with E-state index in [0.717, 1.165) is 18.5 Å². The molecular weight excluding hydrogens is 214 g/mol. The Morgan fingerprint density at radius 1 is 1.24 bits per heavy atom. The predicted octanol–water partition coefficient (Wildman–Crippen LogP) is 3.08. The molecule has 0 amide bonds. The second-order valence-corrected chi connectivity index (χ2v) is 4.09. The lowest BCUT2D eigenvalue weighted by Crippen LogP contribution is -2.20. The molecule has 0 aliphatic rings. The number of ether oxygens (including phenoxy) is 1. The summed E-state index contributed by atoms with van der Waals surface area (Å²) < 4.78 is 5.21. The SMILES string of the molecule is CCC(CC)COC(=O)CNc1ccccc1. The van der Waals surface area contributed by atoms with E-state index in [2.05, 4.69) is 19.2 Å². The lowest BCUT2D eigenvalue weighted by Gasteiger charge is -2.13. The predicted molar refractivity (Wildman–Crippen MR) is 70.0 cm³/mol. The molecule has 0 saturated heterocycles. The van der Waals surface area contributed by atoms with Crippen LogP contribution in [0.3, 0.4) is 0 Å². The minimum absolute atomic E-state index is 0.194. The first-order valence-electron chi connectivity index (χ1n) is 6.20. The van der Waals surface area contributed by atoms with Gasteiger partial charge >= 0.3 is 5.97 Å². The Morgan fingerprint density at radius 2 is 1.88 bits per heavy atom. The van der Waals surface area contributed by atoms with Crippen LogP contribution in [0.2, 0.25) is 0 Å². The van der Waals surface area contributed by atoms with Crippen LogP contribution in [0.5, 0.6) is 0 Å². The second kappa shape index (κ2) is 7.71. The first-order valence-corrected chi connectivity index (χ1v) is 6.20. The maximum absolute atomic E-state index is 11.5. The summed E-state index contributed by atoms with van der Waals surface area (Å²) in [7, 11) is 0. The van der Waals surface area contributed by atoms with E-state index in [1.807, 2.05) is 30.3 Å². The van der Waals surface area contributed by atoms with Crippen molar-refractivity contribution in [1.29, 1.82) is 0 Å². The van der Waals surface area contributed by atoms with Crippen LogP contribution in [0.15, 0.2) is 30.3 Å². The fraction of sp³-hybridized carbons (Fsp3) is 0.500. The largest absolute Gasteiger partial charge is 0.464 e. The van der Waals surface area contributed by atoms with Crippen LogP contribution >= 0.6 is 0 Å². The van der Waals surface area contributed by atoms with Crippen molar-refractivity contribution in [1.82, 2.24) is 0 Å². The van der Waals surface area contributed by atoms with Gasteiger partial charge in [-0.2, -0.15) is 0 Å². The highest BCUT2D eigenvalue weighted by Gasteiger charge is 2.07. The highest BCUT2D eigenvalue weighted by molar-refractivity contribution is 5.74.